The van der Waals surface area contributed by atoms with Crippen LogP contribution in [0, 0.1) is 0 Å². The highest BCUT2D eigenvalue weighted by Crippen LogP contribution is 2.30. The number of carbonyl (C=O) groups excluding carboxylic acids is 2. The van der Waals surface area contributed by atoms with E-state index in [0.29, 0.717) is 56.1 Å². The number of carbonyl (C=O) groups is 2. The minimum atomic E-state index is -4.34. The van der Waals surface area contributed by atoms with E-state index in [0.717, 1.165) is 29.8 Å². The predicted octanol–water partition coefficient (Wildman–Crippen LogP) is 3.43. The second-order valence-electron chi connectivity index (χ2n) is 11.5. The summed E-state index contributed by atoms with van der Waals surface area (Å²) in [6, 6.07) is 11.3. The summed E-state index contributed by atoms with van der Waals surface area (Å²) in [5, 5.41) is 4.63. The number of amides is 2. The highest BCUT2D eigenvalue weighted by molar-refractivity contribution is 5.95. The molecule has 9 nitrogen and oxygen atoms in total. The van der Waals surface area contributed by atoms with E-state index in [1.54, 1.807) is 4.52 Å². The lowest BCUT2D eigenvalue weighted by Gasteiger charge is -2.53. The first-order chi connectivity index (χ1) is 20.1. The summed E-state index contributed by atoms with van der Waals surface area (Å²) in [6.07, 6.45) is -1.26. The Morgan fingerprint density at radius 1 is 1.05 bits per heavy atom. The average Bonchev–Trinajstić information content (AvgIpc) is 3.37. The molecule has 0 bridgehead atoms. The van der Waals surface area contributed by atoms with Crippen LogP contribution in [0.1, 0.15) is 46.6 Å². The van der Waals surface area contributed by atoms with Gasteiger partial charge in [-0.05, 0) is 48.9 Å². The van der Waals surface area contributed by atoms with Crippen LogP contribution in [0.15, 0.2) is 48.7 Å². The number of likely N-dealkylation sites (tertiary alicyclic amines) is 1. The maximum atomic E-state index is 13.0. The van der Waals surface area contributed by atoms with Crippen molar-refractivity contribution in [1.29, 1.82) is 0 Å². The first kappa shape index (κ1) is 28.4. The SMILES string of the molecule is CN1CCOC2(C1)CN(C(=O)c1ccc(Cc3nc4c(C5=CCN(C(=O)CCC(F)(F)F)CC5)cccn4n3)cc1)C2. The topological polar surface area (TPSA) is 83.3 Å². The zero-order valence-electron chi connectivity index (χ0n) is 23.4. The van der Waals surface area contributed by atoms with Gasteiger partial charge in [-0.2, -0.15) is 18.3 Å². The Bertz CT molecular complexity index is 1510. The van der Waals surface area contributed by atoms with Crippen molar-refractivity contribution >= 4 is 23.0 Å². The van der Waals surface area contributed by atoms with E-state index >= 15 is 0 Å². The van der Waals surface area contributed by atoms with E-state index in [1.165, 1.54) is 4.90 Å². The Kier molecular flexibility index (Phi) is 7.52. The van der Waals surface area contributed by atoms with E-state index in [1.807, 2.05) is 53.6 Å². The lowest BCUT2D eigenvalue weighted by atomic mass is 9.91. The third-order valence-electron chi connectivity index (χ3n) is 8.18. The Balaban J connectivity index is 1.08. The van der Waals surface area contributed by atoms with Crippen molar-refractivity contribution in [2.45, 2.75) is 37.5 Å². The van der Waals surface area contributed by atoms with Crippen molar-refractivity contribution in [1.82, 2.24) is 29.3 Å². The molecule has 2 fully saturated rings. The number of benzene rings is 1. The van der Waals surface area contributed by atoms with Crippen LogP contribution in [0.25, 0.3) is 11.2 Å². The molecule has 0 N–H and O–H groups in total. The molecule has 0 atom stereocenters. The second kappa shape index (κ2) is 11.1. The Morgan fingerprint density at radius 3 is 2.52 bits per heavy atom. The van der Waals surface area contributed by atoms with Gasteiger partial charge >= 0.3 is 6.18 Å². The summed E-state index contributed by atoms with van der Waals surface area (Å²) in [6.45, 7) is 4.28. The lowest BCUT2D eigenvalue weighted by Crippen LogP contribution is -2.70. The van der Waals surface area contributed by atoms with Gasteiger partial charge in [0, 0.05) is 56.3 Å². The number of halogens is 3. The van der Waals surface area contributed by atoms with Gasteiger partial charge in [0.15, 0.2) is 11.5 Å². The summed E-state index contributed by atoms with van der Waals surface area (Å²) in [7, 11) is 2.07. The first-order valence-corrected chi connectivity index (χ1v) is 14.2. The zero-order chi connectivity index (χ0) is 29.5. The second-order valence-corrected chi connectivity index (χ2v) is 11.5. The Labute approximate surface area is 241 Å². The van der Waals surface area contributed by atoms with Gasteiger partial charge in [0.25, 0.3) is 5.91 Å². The summed E-state index contributed by atoms with van der Waals surface area (Å²) in [5.74, 6) is 0.143. The molecule has 42 heavy (non-hydrogen) atoms. The third kappa shape index (κ3) is 6.05. The first-order valence-electron chi connectivity index (χ1n) is 14.2. The number of rotatable bonds is 6. The van der Waals surface area contributed by atoms with Gasteiger partial charge in [-0.1, -0.05) is 18.2 Å². The van der Waals surface area contributed by atoms with Gasteiger partial charge in [-0.15, -0.1) is 0 Å². The number of hydrogen-bond acceptors (Lipinski definition) is 6. The maximum absolute atomic E-state index is 13.0. The molecule has 0 radical (unpaired) electrons. The number of morpholine rings is 1. The summed E-state index contributed by atoms with van der Waals surface area (Å²) in [4.78, 5) is 35.5. The van der Waals surface area contributed by atoms with E-state index in [9.17, 15) is 22.8 Å². The standard InChI is InChI=1S/C30H33F3N6O3/c1-36-15-16-42-29(18-36)19-38(20-29)28(41)23-6-4-21(5-7-23)17-25-34-27-24(3-2-12-39(27)35-25)22-9-13-37(14-10-22)26(40)8-11-30(31,32)33/h2-7,9,12H,8,10-11,13-20H2,1H3. The summed E-state index contributed by atoms with van der Waals surface area (Å²) < 4.78 is 45.2. The van der Waals surface area contributed by atoms with Gasteiger partial charge < -0.3 is 19.4 Å². The van der Waals surface area contributed by atoms with Crippen molar-refractivity contribution in [2.24, 2.45) is 0 Å². The smallest absolute Gasteiger partial charge is 0.369 e. The van der Waals surface area contributed by atoms with Gasteiger partial charge in [-0.25, -0.2) is 9.50 Å². The highest BCUT2D eigenvalue weighted by Gasteiger charge is 2.48. The van der Waals surface area contributed by atoms with E-state index in [4.69, 9.17) is 9.72 Å². The minimum Gasteiger partial charge on any atom is -0.369 e. The number of aromatic nitrogens is 3. The van der Waals surface area contributed by atoms with Gasteiger partial charge in [-0.3, -0.25) is 9.59 Å². The fourth-order valence-corrected chi connectivity index (χ4v) is 5.97. The molecule has 2 amide bonds. The molecule has 1 spiro atoms. The molecule has 3 aliphatic rings. The highest BCUT2D eigenvalue weighted by atomic mass is 19.4. The number of ether oxygens (including phenoxy) is 1. The van der Waals surface area contributed by atoms with Crippen LogP contribution in [0.4, 0.5) is 13.2 Å². The minimum absolute atomic E-state index is 0.000808. The van der Waals surface area contributed by atoms with Gasteiger partial charge in [0.05, 0.1) is 26.1 Å². The molecule has 2 aromatic heterocycles. The number of likely N-dealkylation sites (N-methyl/N-ethyl adjacent to an activating group) is 1. The maximum Gasteiger partial charge on any atom is 0.389 e. The number of fused-ring (bicyclic) bond motifs is 1. The van der Waals surface area contributed by atoms with Crippen molar-refractivity contribution in [3.63, 3.8) is 0 Å². The van der Waals surface area contributed by atoms with E-state index < -0.39 is 24.9 Å². The largest absolute Gasteiger partial charge is 0.389 e. The molecule has 5 heterocycles. The van der Waals surface area contributed by atoms with Crippen molar-refractivity contribution in [3.8, 4) is 0 Å². The molecule has 3 aromatic rings. The molecule has 3 aliphatic heterocycles. The molecule has 0 unspecified atom stereocenters. The van der Waals surface area contributed by atoms with Gasteiger partial charge in [0.2, 0.25) is 5.91 Å². The molecule has 0 saturated carbocycles. The zero-order valence-corrected chi connectivity index (χ0v) is 23.4. The summed E-state index contributed by atoms with van der Waals surface area (Å²) >= 11 is 0. The summed E-state index contributed by atoms with van der Waals surface area (Å²) in [5.41, 5.74) is 3.94. The Morgan fingerprint density at radius 2 is 1.83 bits per heavy atom. The number of hydrogen-bond donors (Lipinski definition) is 0. The molecule has 222 valence electrons. The molecule has 6 rings (SSSR count). The van der Waals surface area contributed by atoms with E-state index in [-0.39, 0.29) is 18.1 Å². The molecule has 0 aliphatic carbocycles. The quantitative estimate of drug-likeness (QED) is 0.443. The van der Waals surface area contributed by atoms with E-state index in [2.05, 4.69) is 17.0 Å². The normalized spacial score (nSPS) is 19.2. The fourth-order valence-electron chi connectivity index (χ4n) is 5.97. The van der Waals surface area contributed by atoms with Crippen LogP contribution < -0.4 is 0 Å². The molecule has 1 aromatic carbocycles. The van der Waals surface area contributed by atoms with Crippen molar-refractivity contribution < 1.29 is 27.5 Å². The van der Waals surface area contributed by atoms with Crippen LogP contribution in [-0.4, -0.2) is 106 Å². The lowest BCUT2D eigenvalue weighted by molar-refractivity contribution is -0.167. The predicted molar refractivity (Wildman–Crippen MR) is 149 cm³/mol. The molecule has 12 heteroatoms. The molecular formula is C30H33F3N6O3. The number of alkyl halides is 3. The van der Waals surface area contributed by atoms with Crippen LogP contribution in [-0.2, 0) is 16.0 Å². The van der Waals surface area contributed by atoms with Gasteiger partial charge in [0.1, 0.15) is 5.60 Å². The average molecular weight is 583 g/mol. The third-order valence-corrected chi connectivity index (χ3v) is 8.18. The monoisotopic (exact) mass is 582 g/mol. The van der Waals surface area contributed by atoms with Crippen LogP contribution in [0.2, 0.25) is 0 Å². The van der Waals surface area contributed by atoms with Crippen molar-refractivity contribution in [2.75, 3.05) is 52.9 Å². The van der Waals surface area contributed by atoms with Crippen molar-refractivity contribution in [3.05, 3.63) is 71.2 Å². The molecular weight excluding hydrogens is 549 g/mol. The van der Waals surface area contributed by atoms with Crippen LogP contribution in [0.3, 0.4) is 0 Å². The fraction of sp³-hybridized carbons (Fsp3) is 0.467. The number of pyridine rings is 1. The Hall–Kier alpha value is -3.77. The molecule has 2 saturated heterocycles. The number of nitrogens with zero attached hydrogens (tertiary/aromatic N) is 6. The van der Waals surface area contributed by atoms with Crippen LogP contribution >= 0.6 is 0 Å². The van der Waals surface area contributed by atoms with Crippen LogP contribution in [0.5, 0.6) is 0 Å².